The van der Waals surface area contributed by atoms with Crippen LogP contribution >= 0.6 is 0 Å². The van der Waals surface area contributed by atoms with Gasteiger partial charge < -0.3 is 5.73 Å². The zero-order valence-corrected chi connectivity index (χ0v) is 12.5. The highest BCUT2D eigenvalue weighted by Gasteiger charge is 2.20. The Kier molecular flexibility index (Phi) is 4.65. The van der Waals surface area contributed by atoms with Gasteiger partial charge in [-0.05, 0) is 31.2 Å². The first-order valence-corrected chi connectivity index (χ1v) is 8.04. The molecule has 4 heteroatoms. The van der Waals surface area contributed by atoms with Crippen LogP contribution < -0.4 is 5.73 Å². The lowest BCUT2D eigenvalue weighted by molar-refractivity contribution is 0.429. The Balaban J connectivity index is 1.57. The molecule has 0 radical (unpaired) electrons. The van der Waals surface area contributed by atoms with Crippen molar-refractivity contribution >= 4 is 0 Å². The molecule has 0 spiro atoms. The Bertz CT molecular complexity index is 543. The predicted octanol–water partition coefficient (Wildman–Crippen LogP) is 3.49. The molecule has 1 fully saturated rings. The predicted molar refractivity (Wildman–Crippen MR) is 83.9 cm³/mol. The Morgan fingerprint density at radius 2 is 1.90 bits per heavy atom. The molecule has 1 aromatic carbocycles. The fraction of sp³-hybridized carbons (Fsp3) is 0.529. The number of aromatic nitrogens is 3. The van der Waals surface area contributed by atoms with E-state index in [-0.39, 0.29) is 6.04 Å². The first-order valence-electron chi connectivity index (χ1n) is 8.04. The fourth-order valence-electron chi connectivity index (χ4n) is 3.11. The monoisotopic (exact) mass is 284 g/mol. The largest absolute Gasteiger partial charge is 0.321 e. The second-order valence-corrected chi connectivity index (χ2v) is 6.04. The number of nitrogens with two attached hydrogens (primary N) is 1. The zero-order valence-electron chi connectivity index (χ0n) is 12.5. The Hall–Kier alpha value is -1.68. The molecular formula is C17H24N4. The first-order chi connectivity index (χ1) is 10.3. The number of nitrogens with zero attached hydrogens (tertiary/aromatic N) is 2. The van der Waals surface area contributed by atoms with Gasteiger partial charge in [0.25, 0.3) is 0 Å². The summed E-state index contributed by atoms with van der Waals surface area (Å²) in [5.41, 5.74) is 7.56. The Labute approximate surface area is 126 Å². The van der Waals surface area contributed by atoms with Crippen molar-refractivity contribution in [1.29, 1.82) is 0 Å². The van der Waals surface area contributed by atoms with E-state index in [2.05, 4.69) is 39.4 Å². The number of benzene rings is 1. The van der Waals surface area contributed by atoms with Crippen LogP contribution in [0.4, 0.5) is 0 Å². The third-order valence-electron chi connectivity index (χ3n) is 4.43. The number of hydrogen-bond acceptors (Lipinski definition) is 3. The third-order valence-corrected chi connectivity index (χ3v) is 4.43. The van der Waals surface area contributed by atoms with Gasteiger partial charge in [-0.3, -0.25) is 5.10 Å². The van der Waals surface area contributed by atoms with Gasteiger partial charge in [-0.25, -0.2) is 4.98 Å². The molecule has 1 aliphatic carbocycles. The number of aromatic amines is 1. The molecule has 1 saturated carbocycles. The molecule has 3 rings (SSSR count). The molecule has 0 amide bonds. The molecule has 0 saturated heterocycles. The van der Waals surface area contributed by atoms with Crippen molar-refractivity contribution in [3.8, 4) is 0 Å². The maximum atomic E-state index is 6.24. The minimum Gasteiger partial charge on any atom is -0.321 e. The summed E-state index contributed by atoms with van der Waals surface area (Å²) in [6, 6.07) is 10.4. The van der Waals surface area contributed by atoms with Crippen LogP contribution in [0.25, 0.3) is 0 Å². The van der Waals surface area contributed by atoms with E-state index in [1.165, 1.54) is 37.7 Å². The van der Waals surface area contributed by atoms with Gasteiger partial charge in [-0.15, -0.1) is 0 Å². The van der Waals surface area contributed by atoms with Crippen LogP contribution in [-0.4, -0.2) is 15.2 Å². The quantitative estimate of drug-likeness (QED) is 0.883. The molecule has 0 bridgehead atoms. The lowest BCUT2D eigenvalue weighted by Crippen LogP contribution is -2.13. The maximum absolute atomic E-state index is 6.24. The lowest BCUT2D eigenvalue weighted by Gasteiger charge is -2.18. The summed E-state index contributed by atoms with van der Waals surface area (Å²) >= 11 is 0. The van der Waals surface area contributed by atoms with Crippen LogP contribution in [0.5, 0.6) is 0 Å². The SMILES string of the molecule is N[C@H](CCc1ccccc1)c1n[nH]c(C2CCCCC2)n1. The van der Waals surface area contributed by atoms with Gasteiger partial charge in [0.15, 0.2) is 5.82 Å². The van der Waals surface area contributed by atoms with Gasteiger partial charge >= 0.3 is 0 Å². The average molecular weight is 284 g/mol. The van der Waals surface area contributed by atoms with E-state index in [0.717, 1.165) is 24.5 Å². The van der Waals surface area contributed by atoms with Crippen molar-refractivity contribution in [1.82, 2.24) is 15.2 Å². The highest BCUT2D eigenvalue weighted by Crippen LogP contribution is 2.30. The normalized spacial score (nSPS) is 17.8. The van der Waals surface area contributed by atoms with E-state index in [1.807, 2.05) is 6.07 Å². The van der Waals surface area contributed by atoms with Crippen LogP contribution in [0.1, 0.15) is 67.7 Å². The maximum Gasteiger partial charge on any atom is 0.167 e. The molecule has 0 aliphatic heterocycles. The van der Waals surface area contributed by atoms with E-state index < -0.39 is 0 Å². The van der Waals surface area contributed by atoms with E-state index in [0.29, 0.717) is 5.92 Å². The van der Waals surface area contributed by atoms with Crippen LogP contribution in [0.2, 0.25) is 0 Å². The summed E-state index contributed by atoms with van der Waals surface area (Å²) in [6.07, 6.45) is 8.28. The fourth-order valence-corrected chi connectivity index (χ4v) is 3.11. The number of H-pyrrole nitrogens is 1. The third kappa shape index (κ3) is 3.70. The molecule has 1 atom stereocenters. The summed E-state index contributed by atoms with van der Waals surface area (Å²) in [6.45, 7) is 0. The standard InChI is InChI=1S/C17H24N4/c18-15(12-11-13-7-3-1-4-8-13)17-19-16(20-21-17)14-9-5-2-6-10-14/h1,3-4,7-8,14-15H,2,5-6,9-12,18H2,(H,19,20,21)/t15-/m1/s1. The topological polar surface area (TPSA) is 67.6 Å². The van der Waals surface area contributed by atoms with Crippen molar-refractivity contribution in [2.24, 2.45) is 5.73 Å². The van der Waals surface area contributed by atoms with Gasteiger partial charge in [0.05, 0.1) is 6.04 Å². The van der Waals surface area contributed by atoms with Crippen LogP contribution in [0.3, 0.4) is 0 Å². The molecule has 112 valence electrons. The number of hydrogen-bond donors (Lipinski definition) is 2. The molecule has 1 aliphatic rings. The molecule has 1 aromatic heterocycles. The Morgan fingerprint density at radius 3 is 2.67 bits per heavy atom. The highest BCUT2D eigenvalue weighted by molar-refractivity contribution is 5.15. The summed E-state index contributed by atoms with van der Waals surface area (Å²) in [4.78, 5) is 4.65. The molecule has 0 unspecified atom stereocenters. The van der Waals surface area contributed by atoms with Crippen molar-refractivity contribution in [2.45, 2.75) is 56.9 Å². The molecule has 3 N–H and O–H groups in total. The summed E-state index contributed by atoms with van der Waals surface area (Å²) < 4.78 is 0. The van der Waals surface area contributed by atoms with E-state index in [9.17, 15) is 0 Å². The second-order valence-electron chi connectivity index (χ2n) is 6.04. The highest BCUT2D eigenvalue weighted by atomic mass is 15.2. The number of rotatable bonds is 5. The van der Waals surface area contributed by atoms with Gasteiger partial charge in [-0.1, -0.05) is 49.6 Å². The average Bonchev–Trinajstić information content (AvgIpc) is 3.04. The molecule has 2 aromatic rings. The van der Waals surface area contributed by atoms with Crippen molar-refractivity contribution < 1.29 is 0 Å². The number of aryl methyl sites for hydroxylation is 1. The van der Waals surface area contributed by atoms with E-state index in [4.69, 9.17) is 5.73 Å². The van der Waals surface area contributed by atoms with Crippen molar-refractivity contribution in [2.75, 3.05) is 0 Å². The van der Waals surface area contributed by atoms with E-state index >= 15 is 0 Å². The van der Waals surface area contributed by atoms with Crippen LogP contribution in [0, 0.1) is 0 Å². The minimum atomic E-state index is -0.0844. The summed E-state index contributed by atoms with van der Waals surface area (Å²) in [5.74, 6) is 2.37. The lowest BCUT2D eigenvalue weighted by atomic mass is 9.89. The van der Waals surface area contributed by atoms with Crippen LogP contribution in [-0.2, 0) is 6.42 Å². The molecule has 1 heterocycles. The summed E-state index contributed by atoms with van der Waals surface area (Å²) in [7, 11) is 0. The van der Waals surface area contributed by atoms with Gasteiger partial charge in [0.1, 0.15) is 5.82 Å². The zero-order chi connectivity index (χ0) is 14.5. The van der Waals surface area contributed by atoms with Crippen LogP contribution in [0.15, 0.2) is 30.3 Å². The molecule has 4 nitrogen and oxygen atoms in total. The van der Waals surface area contributed by atoms with Gasteiger partial charge in [0.2, 0.25) is 0 Å². The van der Waals surface area contributed by atoms with E-state index in [1.54, 1.807) is 0 Å². The second kappa shape index (κ2) is 6.85. The molecular weight excluding hydrogens is 260 g/mol. The first kappa shape index (κ1) is 14.3. The van der Waals surface area contributed by atoms with Gasteiger partial charge in [-0.2, -0.15) is 5.10 Å². The number of nitrogens with one attached hydrogen (secondary N) is 1. The smallest absolute Gasteiger partial charge is 0.167 e. The van der Waals surface area contributed by atoms with Gasteiger partial charge in [0, 0.05) is 5.92 Å². The summed E-state index contributed by atoms with van der Waals surface area (Å²) in [5, 5.41) is 7.46. The molecule has 21 heavy (non-hydrogen) atoms. The minimum absolute atomic E-state index is 0.0844. The van der Waals surface area contributed by atoms with Crippen molar-refractivity contribution in [3.63, 3.8) is 0 Å². The van der Waals surface area contributed by atoms with Crippen molar-refractivity contribution in [3.05, 3.63) is 47.5 Å². The Morgan fingerprint density at radius 1 is 1.14 bits per heavy atom.